The van der Waals surface area contributed by atoms with Crippen molar-refractivity contribution < 1.29 is 29.0 Å². The van der Waals surface area contributed by atoms with Crippen LogP contribution in [-0.4, -0.2) is 29.9 Å². The number of hydrogen-bond donors (Lipinski definition) is 1. The Kier molecular flexibility index (Phi) is 3.14. The molecule has 0 amide bonds. The van der Waals surface area contributed by atoms with Crippen molar-refractivity contribution in [2.45, 2.75) is 0 Å². The Morgan fingerprint density at radius 1 is 1.24 bits per heavy atom. The van der Waals surface area contributed by atoms with E-state index in [0.717, 1.165) is 0 Å². The van der Waals surface area contributed by atoms with Crippen LogP contribution in [0.25, 0.3) is 21.5 Å². The topological polar surface area (TPSA) is 108 Å². The molecule has 0 fully saturated rings. The summed E-state index contributed by atoms with van der Waals surface area (Å²) in [7, 11) is 1.31. The number of fused-ring (bicyclic) bond motifs is 5. The van der Waals surface area contributed by atoms with Crippen molar-refractivity contribution in [3.63, 3.8) is 0 Å². The molecule has 0 bridgehead atoms. The van der Waals surface area contributed by atoms with Crippen LogP contribution in [0.4, 0.5) is 5.69 Å². The Morgan fingerprint density at radius 3 is 2.60 bits per heavy atom. The molecule has 4 rings (SSSR count). The first-order chi connectivity index (χ1) is 12.0. The molecule has 0 unspecified atom stereocenters. The Labute approximate surface area is 140 Å². The van der Waals surface area contributed by atoms with E-state index in [1.807, 2.05) is 0 Å². The predicted octanol–water partition coefficient (Wildman–Crippen LogP) is 3.34. The van der Waals surface area contributed by atoms with Crippen LogP contribution in [0.5, 0.6) is 17.2 Å². The Bertz CT molecular complexity index is 1070. The molecule has 0 saturated carbocycles. The highest BCUT2D eigenvalue weighted by atomic mass is 16.7. The van der Waals surface area contributed by atoms with E-state index in [9.17, 15) is 20.0 Å². The van der Waals surface area contributed by atoms with Crippen LogP contribution in [0.3, 0.4) is 0 Å². The monoisotopic (exact) mass is 341 g/mol. The smallest absolute Gasteiger partial charge is 0.336 e. The molecular weight excluding hydrogens is 330 g/mol. The highest BCUT2D eigenvalue weighted by molar-refractivity contribution is 6.23. The molecule has 1 heterocycles. The minimum Gasteiger partial charge on any atom is -0.490 e. The lowest BCUT2D eigenvalue weighted by atomic mass is 9.94. The van der Waals surface area contributed by atoms with E-state index in [2.05, 4.69) is 0 Å². The first-order valence-corrected chi connectivity index (χ1v) is 7.27. The van der Waals surface area contributed by atoms with Crippen molar-refractivity contribution >= 4 is 33.2 Å². The van der Waals surface area contributed by atoms with Gasteiger partial charge in [0.1, 0.15) is 0 Å². The van der Waals surface area contributed by atoms with E-state index in [1.165, 1.54) is 13.2 Å². The zero-order valence-electron chi connectivity index (χ0n) is 12.9. The van der Waals surface area contributed by atoms with Crippen LogP contribution in [0, 0.1) is 10.1 Å². The lowest BCUT2D eigenvalue weighted by Crippen LogP contribution is -2.03. The Hall–Kier alpha value is -3.55. The minimum atomic E-state index is -1.30. The van der Waals surface area contributed by atoms with E-state index in [1.54, 1.807) is 24.3 Å². The molecule has 25 heavy (non-hydrogen) atoms. The van der Waals surface area contributed by atoms with Crippen LogP contribution < -0.4 is 14.2 Å². The van der Waals surface area contributed by atoms with Gasteiger partial charge in [0.15, 0.2) is 11.5 Å². The molecule has 0 aliphatic carbocycles. The van der Waals surface area contributed by atoms with Gasteiger partial charge in [-0.3, -0.25) is 10.1 Å². The minimum absolute atomic E-state index is 0.00876. The van der Waals surface area contributed by atoms with E-state index in [0.29, 0.717) is 21.9 Å². The fraction of sp³-hybridized carbons (Fsp3) is 0.118. The Morgan fingerprint density at radius 2 is 1.96 bits per heavy atom. The van der Waals surface area contributed by atoms with Crippen LogP contribution in [0.1, 0.15) is 10.4 Å². The SMILES string of the molecule is COc1c([N+](=O)[O-])c2c(C(=O)O)cc3c(c2c2ccccc12)OCO3. The summed E-state index contributed by atoms with van der Waals surface area (Å²) < 4.78 is 16.1. The van der Waals surface area contributed by atoms with Gasteiger partial charge >= 0.3 is 11.7 Å². The largest absolute Gasteiger partial charge is 0.490 e. The van der Waals surface area contributed by atoms with Gasteiger partial charge in [-0.25, -0.2) is 4.79 Å². The van der Waals surface area contributed by atoms with Gasteiger partial charge in [-0.1, -0.05) is 24.3 Å². The molecule has 8 heteroatoms. The summed E-state index contributed by atoms with van der Waals surface area (Å²) in [6.45, 7) is -0.0817. The number of carboxylic acid groups (broad SMARTS) is 1. The maximum Gasteiger partial charge on any atom is 0.336 e. The molecule has 0 saturated heterocycles. The van der Waals surface area contributed by atoms with Gasteiger partial charge in [-0.2, -0.15) is 0 Å². The number of benzene rings is 3. The second-order valence-electron chi connectivity index (χ2n) is 5.40. The predicted molar refractivity (Wildman–Crippen MR) is 87.7 cm³/mol. The van der Waals surface area contributed by atoms with Crippen molar-refractivity contribution in [1.29, 1.82) is 0 Å². The highest BCUT2D eigenvalue weighted by Gasteiger charge is 2.33. The van der Waals surface area contributed by atoms with E-state index >= 15 is 0 Å². The average molecular weight is 341 g/mol. The number of nitro groups is 1. The number of ether oxygens (including phenoxy) is 3. The quantitative estimate of drug-likeness (QED) is 0.442. The van der Waals surface area contributed by atoms with Gasteiger partial charge in [0.25, 0.3) is 0 Å². The van der Waals surface area contributed by atoms with Gasteiger partial charge in [-0.15, -0.1) is 0 Å². The van der Waals surface area contributed by atoms with Crippen LogP contribution in [0.2, 0.25) is 0 Å². The zero-order chi connectivity index (χ0) is 17.7. The first-order valence-electron chi connectivity index (χ1n) is 7.27. The summed E-state index contributed by atoms with van der Waals surface area (Å²) in [6.07, 6.45) is 0. The third-order valence-corrected chi connectivity index (χ3v) is 4.17. The number of nitrogens with zero attached hydrogens (tertiary/aromatic N) is 1. The van der Waals surface area contributed by atoms with E-state index in [4.69, 9.17) is 14.2 Å². The van der Waals surface area contributed by atoms with Crippen molar-refractivity contribution in [2.24, 2.45) is 0 Å². The lowest BCUT2D eigenvalue weighted by molar-refractivity contribution is -0.383. The van der Waals surface area contributed by atoms with Crippen molar-refractivity contribution in [1.82, 2.24) is 0 Å². The van der Waals surface area contributed by atoms with Crippen LogP contribution >= 0.6 is 0 Å². The molecule has 126 valence electrons. The summed E-state index contributed by atoms with van der Waals surface area (Å²) in [5, 5.41) is 22.7. The number of nitro benzene ring substituents is 1. The number of aromatic carboxylic acids is 1. The molecule has 3 aromatic rings. The third kappa shape index (κ3) is 1.97. The molecule has 1 aliphatic rings. The fourth-order valence-corrected chi connectivity index (χ4v) is 3.24. The number of rotatable bonds is 3. The molecule has 0 radical (unpaired) electrons. The average Bonchev–Trinajstić information content (AvgIpc) is 3.07. The second kappa shape index (κ2) is 5.23. The maximum absolute atomic E-state index is 11.8. The molecule has 0 atom stereocenters. The van der Waals surface area contributed by atoms with E-state index < -0.39 is 16.6 Å². The third-order valence-electron chi connectivity index (χ3n) is 4.17. The zero-order valence-corrected chi connectivity index (χ0v) is 12.9. The van der Waals surface area contributed by atoms with E-state index in [-0.39, 0.29) is 29.2 Å². The van der Waals surface area contributed by atoms with Crippen molar-refractivity contribution in [2.75, 3.05) is 13.9 Å². The summed E-state index contributed by atoms with van der Waals surface area (Å²) in [6, 6.07) is 8.13. The lowest BCUT2D eigenvalue weighted by Gasteiger charge is -2.14. The van der Waals surface area contributed by atoms with Gasteiger partial charge in [0.2, 0.25) is 12.5 Å². The van der Waals surface area contributed by atoms with Gasteiger partial charge in [0.05, 0.1) is 23.0 Å². The number of methoxy groups -OCH3 is 1. The van der Waals surface area contributed by atoms with Crippen molar-refractivity contribution in [3.05, 3.63) is 46.0 Å². The van der Waals surface area contributed by atoms with Crippen molar-refractivity contribution in [3.8, 4) is 17.2 Å². The summed E-state index contributed by atoms with van der Waals surface area (Å²) in [5.74, 6) is -0.755. The van der Waals surface area contributed by atoms with Gasteiger partial charge < -0.3 is 19.3 Å². The van der Waals surface area contributed by atoms with Crippen LogP contribution in [0.15, 0.2) is 30.3 Å². The molecule has 3 aromatic carbocycles. The number of carboxylic acids is 1. The fourth-order valence-electron chi connectivity index (χ4n) is 3.24. The second-order valence-corrected chi connectivity index (χ2v) is 5.40. The summed E-state index contributed by atoms with van der Waals surface area (Å²) in [4.78, 5) is 22.9. The first kappa shape index (κ1) is 15.0. The summed E-state index contributed by atoms with van der Waals surface area (Å²) >= 11 is 0. The molecule has 1 aliphatic heterocycles. The standard InChI is InChI=1S/C17H11NO7/c1-23-15-9-5-3-2-4-8(9)13-12(14(15)18(21)22)10(17(19)20)6-11-16(13)25-7-24-11/h2-6H,7H2,1H3,(H,19,20). The summed E-state index contributed by atoms with van der Waals surface area (Å²) in [5.41, 5.74) is -0.651. The number of carbonyl (C=O) groups is 1. The normalized spacial score (nSPS) is 12.5. The highest BCUT2D eigenvalue weighted by Crippen LogP contribution is 2.51. The Balaban J connectivity index is 2.39. The van der Waals surface area contributed by atoms with Gasteiger partial charge in [-0.05, 0) is 11.5 Å². The number of hydrogen-bond acceptors (Lipinski definition) is 6. The van der Waals surface area contributed by atoms with Crippen LogP contribution in [-0.2, 0) is 0 Å². The molecule has 0 aromatic heterocycles. The molecule has 1 N–H and O–H groups in total. The molecule has 0 spiro atoms. The molecule has 8 nitrogen and oxygen atoms in total. The van der Waals surface area contributed by atoms with Gasteiger partial charge in [0, 0.05) is 10.8 Å². The maximum atomic E-state index is 11.8. The molecular formula is C17H11NO7.